The molecule has 0 spiro atoms. The quantitative estimate of drug-likeness (QED) is 0.746. The van der Waals surface area contributed by atoms with Crippen LogP contribution < -0.4 is 10.1 Å². The van der Waals surface area contributed by atoms with Gasteiger partial charge in [-0.15, -0.1) is 0 Å². The smallest absolute Gasteiger partial charge is 0.220 e. The fourth-order valence-corrected chi connectivity index (χ4v) is 2.22. The second-order valence-electron chi connectivity index (χ2n) is 5.52. The van der Waals surface area contributed by atoms with Crippen LogP contribution in [-0.4, -0.2) is 43.0 Å². The van der Waals surface area contributed by atoms with Gasteiger partial charge in [0.25, 0.3) is 0 Å². The van der Waals surface area contributed by atoms with Crippen molar-refractivity contribution >= 4 is 5.91 Å². The lowest BCUT2D eigenvalue weighted by molar-refractivity contribution is -0.122. The van der Waals surface area contributed by atoms with Gasteiger partial charge in [-0.2, -0.15) is 0 Å². The number of nitrogens with one attached hydrogen (secondary N) is 1. The average Bonchev–Trinajstić information content (AvgIpc) is 2.90. The first kappa shape index (κ1) is 15.8. The van der Waals surface area contributed by atoms with E-state index >= 15 is 0 Å². The molecule has 116 valence electrons. The highest BCUT2D eigenvalue weighted by Crippen LogP contribution is 2.17. The van der Waals surface area contributed by atoms with Crippen LogP contribution in [0.3, 0.4) is 0 Å². The molecule has 1 amide bonds. The van der Waals surface area contributed by atoms with Crippen LogP contribution in [0, 0.1) is 6.92 Å². The average molecular weight is 293 g/mol. The number of carbonyl (C=O) groups is 1. The molecular formula is C16H23NO4. The summed E-state index contributed by atoms with van der Waals surface area (Å²) in [5.41, 5.74) is 0.193. The molecule has 2 rings (SSSR count). The number of amides is 1. The summed E-state index contributed by atoms with van der Waals surface area (Å²) in [5, 5.41) is 12.8. The predicted molar refractivity (Wildman–Crippen MR) is 79.3 cm³/mol. The molecule has 0 radical (unpaired) electrons. The van der Waals surface area contributed by atoms with Crippen LogP contribution in [0.2, 0.25) is 0 Å². The van der Waals surface area contributed by atoms with Gasteiger partial charge in [-0.1, -0.05) is 18.2 Å². The number of aliphatic hydroxyl groups is 1. The highest BCUT2D eigenvalue weighted by atomic mass is 16.5. The van der Waals surface area contributed by atoms with Crippen LogP contribution in [0.5, 0.6) is 5.75 Å². The first-order valence-corrected chi connectivity index (χ1v) is 7.34. The van der Waals surface area contributed by atoms with Gasteiger partial charge in [0.05, 0.1) is 13.2 Å². The summed E-state index contributed by atoms with van der Waals surface area (Å²) in [6, 6.07) is 7.81. The first-order valence-electron chi connectivity index (χ1n) is 7.34. The van der Waals surface area contributed by atoms with E-state index < -0.39 is 5.60 Å². The van der Waals surface area contributed by atoms with E-state index in [4.69, 9.17) is 9.47 Å². The molecule has 5 heteroatoms. The Labute approximate surface area is 125 Å². The van der Waals surface area contributed by atoms with E-state index in [9.17, 15) is 9.90 Å². The highest BCUT2D eigenvalue weighted by Gasteiger charge is 2.32. The van der Waals surface area contributed by atoms with Crippen molar-refractivity contribution in [1.82, 2.24) is 5.32 Å². The van der Waals surface area contributed by atoms with Crippen LogP contribution in [0.4, 0.5) is 0 Å². The summed E-state index contributed by atoms with van der Waals surface area (Å²) >= 11 is 0. The number of para-hydroxylation sites is 1. The number of rotatable bonds is 7. The van der Waals surface area contributed by atoms with Gasteiger partial charge in [0.2, 0.25) is 5.91 Å². The maximum atomic E-state index is 11.7. The number of hydrogen-bond donors (Lipinski definition) is 2. The maximum Gasteiger partial charge on any atom is 0.220 e. The molecule has 1 heterocycles. The van der Waals surface area contributed by atoms with Gasteiger partial charge in [0.1, 0.15) is 11.4 Å². The van der Waals surface area contributed by atoms with E-state index in [-0.39, 0.29) is 12.5 Å². The van der Waals surface area contributed by atoms with Gasteiger partial charge in [-0.05, 0) is 25.0 Å². The normalized spacial score (nSPS) is 21.2. The van der Waals surface area contributed by atoms with Crippen molar-refractivity contribution in [3.63, 3.8) is 0 Å². The van der Waals surface area contributed by atoms with Gasteiger partial charge in [-0.25, -0.2) is 0 Å². The Morgan fingerprint density at radius 2 is 2.29 bits per heavy atom. The monoisotopic (exact) mass is 293 g/mol. The lowest BCUT2D eigenvalue weighted by atomic mass is 10.0. The molecule has 1 unspecified atom stereocenters. The SMILES string of the molecule is Cc1ccccc1OCCCC(=O)NCC1(O)CCOC1. The molecule has 21 heavy (non-hydrogen) atoms. The molecule has 1 saturated heterocycles. The molecular weight excluding hydrogens is 270 g/mol. The van der Waals surface area contributed by atoms with Gasteiger partial charge in [0, 0.05) is 26.0 Å². The third-order valence-corrected chi connectivity index (χ3v) is 3.60. The minimum absolute atomic E-state index is 0.0660. The number of aryl methyl sites for hydroxylation is 1. The molecule has 1 aliphatic rings. The molecule has 1 fully saturated rings. The molecule has 1 aromatic rings. The largest absolute Gasteiger partial charge is 0.493 e. The van der Waals surface area contributed by atoms with E-state index in [1.165, 1.54) is 0 Å². The van der Waals surface area contributed by atoms with Crippen LogP contribution in [0.1, 0.15) is 24.8 Å². The van der Waals surface area contributed by atoms with Crippen molar-refractivity contribution in [2.24, 2.45) is 0 Å². The summed E-state index contributed by atoms with van der Waals surface area (Å²) in [5.74, 6) is 0.791. The third-order valence-electron chi connectivity index (χ3n) is 3.60. The summed E-state index contributed by atoms with van der Waals surface area (Å²) < 4.78 is 10.8. The molecule has 2 N–H and O–H groups in total. The number of benzene rings is 1. The van der Waals surface area contributed by atoms with Crippen molar-refractivity contribution in [3.05, 3.63) is 29.8 Å². The third kappa shape index (κ3) is 5.02. The maximum absolute atomic E-state index is 11.7. The van der Waals surface area contributed by atoms with Crippen molar-refractivity contribution < 1.29 is 19.4 Å². The Hall–Kier alpha value is -1.59. The Kier molecular flexibility index (Phi) is 5.59. The summed E-state index contributed by atoms with van der Waals surface area (Å²) in [4.78, 5) is 11.7. The molecule has 1 aromatic carbocycles. The standard InChI is InChI=1S/C16H23NO4/c1-13-5-2-3-6-14(13)21-9-4-7-15(18)17-11-16(19)8-10-20-12-16/h2-3,5-6,19H,4,7-12H2,1H3,(H,17,18). The van der Waals surface area contributed by atoms with E-state index in [0.717, 1.165) is 11.3 Å². The molecule has 1 aliphatic heterocycles. The van der Waals surface area contributed by atoms with Crippen LogP contribution in [0.25, 0.3) is 0 Å². The minimum atomic E-state index is -0.896. The molecule has 1 atom stereocenters. The van der Waals surface area contributed by atoms with E-state index in [2.05, 4.69) is 5.32 Å². The highest BCUT2D eigenvalue weighted by molar-refractivity contribution is 5.75. The van der Waals surface area contributed by atoms with Crippen LogP contribution in [0.15, 0.2) is 24.3 Å². The van der Waals surface area contributed by atoms with Crippen molar-refractivity contribution in [1.29, 1.82) is 0 Å². The molecule has 0 aliphatic carbocycles. The summed E-state index contributed by atoms with van der Waals surface area (Å²) in [7, 11) is 0. The van der Waals surface area contributed by atoms with E-state index in [1.807, 2.05) is 31.2 Å². The second kappa shape index (κ2) is 7.43. The molecule has 0 bridgehead atoms. The van der Waals surface area contributed by atoms with Crippen LogP contribution in [-0.2, 0) is 9.53 Å². The molecule has 0 aromatic heterocycles. The Morgan fingerprint density at radius 3 is 3.00 bits per heavy atom. The zero-order chi connectivity index (χ0) is 15.1. The van der Waals surface area contributed by atoms with Crippen LogP contribution >= 0.6 is 0 Å². The fourth-order valence-electron chi connectivity index (χ4n) is 2.22. The van der Waals surface area contributed by atoms with Gasteiger partial charge < -0.3 is 19.9 Å². The molecule has 0 saturated carbocycles. The van der Waals surface area contributed by atoms with Gasteiger partial charge in [-0.3, -0.25) is 4.79 Å². The first-order chi connectivity index (χ1) is 10.1. The Balaban J connectivity index is 1.60. The van der Waals surface area contributed by atoms with E-state index in [0.29, 0.717) is 39.1 Å². The Morgan fingerprint density at radius 1 is 1.48 bits per heavy atom. The topological polar surface area (TPSA) is 67.8 Å². The lowest BCUT2D eigenvalue weighted by Gasteiger charge is -2.20. The summed E-state index contributed by atoms with van der Waals surface area (Å²) in [6.07, 6.45) is 1.61. The van der Waals surface area contributed by atoms with E-state index in [1.54, 1.807) is 0 Å². The lowest BCUT2D eigenvalue weighted by Crippen LogP contribution is -2.43. The second-order valence-corrected chi connectivity index (χ2v) is 5.52. The summed E-state index contributed by atoms with van der Waals surface area (Å²) in [6.45, 7) is 3.60. The predicted octanol–water partition coefficient (Wildman–Crippen LogP) is 1.42. The van der Waals surface area contributed by atoms with Crippen molar-refractivity contribution in [2.75, 3.05) is 26.4 Å². The molecule has 5 nitrogen and oxygen atoms in total. The number of carbonyl (C=O) groups excluding carboxylic acids is 1. The zero-order valence-electron chi connectivity index (χ0n) is 12.4. The number of ether oxygens (including phenoxy) is 2. The van der Waals surface area contributed by atoms with Crippen molar-refractivity contribution in [2.45, 2.75) is 31.8 Å². The van der Waals surface area contributed by atoms with Gasteiger partial charge in [0.15, 0.2) is 0 Å². The minimum Gasteiger partial charge on any atom is -0.493 e. The van der Waals surface area contributed by atoms with Gasteiger partial charge >= 0.3 is 0 Å². The number of hydrogen-bond acceptors (Lipinski definition) is 4. The van der Waals surface area contributed by atoms with Crippen molar-refractivity contribution in [3.8, 4) is 5.75 Å². The Bertz CT molecular complexity index is 469. The fraction of sp³-hybridized carbons (Fsp3) is 0.562. The zero-order valence-corrected chi connectivity index (χ0v) is 12.4.